The summed E-state index contributed by atoms with van der Waals surface area (Å²) < 4.78 is 24.8. The SMILES string of the molecule is COCOc1ccc(F)cc1C(CC#CC#Cc1cc[nH]c1)C1=CC=CN(C)C1O. The van der Waals surface area contributed by atoms with Gasteiger partial charge in [-0.3, -0.25) is 0 Å². The van der Waals surface area contributed by atoms with Gasteiger partial charge in [-0.25, -0.2) is 4.39 Å². The fourth-order valence-corrected chi connectivity index (χ4v) is 3.14. The zero-order valence-corrected chi connectivity index (χ0v) is 16.9. The normalized spacial score (nSPS) is 16.1. The van der Waals surface area contributed by atoms with Gasteiger partial charge in [0.15, 0.2) is 6.79 Å². The molecule has 2 heterocycles. The summed E-state index contributed by atoms with van der Waals surface area (Å²) in [5, 5.41) is 10.7. The fraction of sp³-hybridized carbons (Fsp3) is 0.250. The number of nitrogens with zero attached hydrogens (tertiary/aromatic N) is 1. The number of aliphatic hydroxyl groups excluding tert-OH is 1. The molecule has 5 nitrogen and oxygen atoms in total. The largest absolute Gasteiger partial charge is 0.467 e. The number of hydrogen-bond donors (Lipinski definition) is 2. The van der Waals surface area contributed by atoms with Gasteiger partial charge in [0.05, 0.1) is 0 Å². The van der Waals surface area contributed by atoms with Crippen LogP contribution in [0.4, 0.5) is 4.39 Å². The van der Waals surface area contributed by atoms with Crippen molar-refractivity contribution in [1.29, 1.82) is 0 Å². The average Bonchev–Trinajstić information content (AvgIpc) is 3.26. The van der Waals surface area contributed by atoms with Crippen molar-refractivity contribution in [3.8, 4) is 29.4 Å². The lowest BCUT2D eigenvalue weighted by Crippen LogP contribution is -2.33. The van der Waals surface area contributed by atoms with Gasteiger partial charge >= 0.3 is 0 Å². The molecule has 154 valence electrons. The van der Waals surface area contributed by atoms with Crippen molar-refractivity contribution in [1.82, 2.24) is 9.88 Å². The van der Waals surface area contributed by atoms with Crippen molar-refractivity contribution in [2.24, 2.45) is 0 Å². The molecule has 2 aromatic rings. The molecule has 30 heavy (non-hydrogen) atoms. The number of H-pyrrole nitrogens is 1. The third kappa shape index (κ3) is 5.33. The Morgan fingerprint density at radius 1 is 1.30 bits per heavy atom. The third-order valence-electron chi connectivity index (χ3n) is 4.64. The van der Waals surface area contributed by atoms with E-state index >= 15 is 0 Å². The van der Waals surface area contributed by atoms with Crippen LogP contribution in [-0.4, -0.2) is 42.2 Å². The highest BCUT2D eigenvalue weighted by Gasteiger charge is 2.28. The number of methoxy groups -OCH3 is 1. The molecular weight excluding hydrogens is 383 g/mol. The molecule has 0 saturated carbocycles. The van der Waals surface area contributed by atoms with Gasteiger partial charge < -0.3 is 24.5 Å². The Morgan fingerprint density at radius 2 is 2.17 bits per heavy atom. The molecule has 0 saturated heterocycles. The number of rotatable bonds is 6. The highest BCUT2D eigenvalue weighted by Crippen LogP contribution is 2.38. The number of halogens is 1. The summed E-state index contributed by atoms with van der Waals surface area (Å²) in [7, 11) is 3.29. The zero-order chi connectivity index (χ0) is 21.3. The van der Waals surface area contributed by atoms with Gasteiger partial charge in [0.2, 0.25) is 0 Å². The summed E-state index contributed by atoms with van der Waals surface area (Å²) in [5.74, 6) is 11.3. The van der Waals surface area contributed by atoms with Crippen LogP contribution in [-0.2, 0) is 4.74 Å². The van der Waals surface area contributed by atoms with Gasteiger partial charge in [0.25, 0.3) is 0 Å². The number of likely N-dealkylation sites (N-methyl/N-ethyl adjacent to an activating group) is 1. The highest BCUT2D eigenvalue weighted by molar-refractivity contribution is 5.45. The van der Waals surface area contributed by atoms with Crippen molar-refractivity contribution < 1.29 is 19.0 Å². The zero-order valence-electron chi connectivity index (χ0n) is 16.9. The van der Waals surface area contributed by atoms with Crippen LogP contribution in [0.15, 0.2) is 60.6 Å². The van der Waals surface area contributed by atoms with E-state index in [1.54, 1.807) is 36.6 Å². The van der Waals surface area contributed by atoms with E-state index in [-0.39, 0.29) is 6.79 Å². The van der Waals surface area contributed by atoms with Crippen molar-refractivity contribution in [2.75, 3.05) is 21.0 Å². The Bertz CT molecular complexity index is 1040. The van der Waals surface area contributed by atoms with Gasteiger partial charge in [-0.05, 0) is 47.8 Å². The molecule has 0 amide bonds. The first kappa shape index (κ1) is 21.3. The van der Waals surface area contributed by atoms with Crippen LogP contribution in [0.3, 0.4) is 0 Å². The lowest BCUT2D eigenvalue weighted by atomic mass is 9.85. The summed E-state index contributed by atoms with van der Waals surface area (Å²) in [6.45, 7) is 0.0284. The minimum Gasteiger partial charge on any atom is -0.467 e. The number of benzene rings is 1. The van der Waals surface area contributed by atoms with Crippen LogP contribution in [0.5, 0.6) is 5.75 Å². The second-order valence-electron chi connectivity index (χ2n) is 6.69. The molecule has 1 aromatic carbocycles. The Balaban J connectivity index is 1.94. The first-order valence-electron chi connectivity index (χ1n) is 9.41. The standard InChI is InChI=1S/C24H23FN2O3/c1-27-14-6-9-21(24(27)28)20(8-5-3-4-7-18-12-13-26-16-18)22-15-19(25)10-11-23(22)30-17-29-2/h6,9-16,20,24,26,28H,8,17H2,1-2H3. The molecule has 0 fully saturated rings. The van der Waals surface area contributed by atoms with E-state index < -0.39 is 18.0 Å². The first-order chi connectivity index (χ1) is 14.6. The number of nitrogens with one attached hydrogen (secondary N) is 1. The number of aliphatic hydroxyl groups is 1. The molecule has 6 heteroatoms. The Hall–Kier alpha value is -3.45. The minimum atomic E-state index is -0.855. The summed E-state index contributed by atoms with van der Waals surface area (Å²) in [6, 6.07) is 6.16. The van der Waals surface area contributed by atoms with Crippen LogP contribution >= 0.6 is 0 Å². The maximum atomic E-state index is 14.1. The average molecular weight is 406 g/mol. The molecule has 1 aliphatic heterocycles. The van der Waals surface area contributed by atoms with Gasteiger partial charge in [0.1, 0.15) is 17.8 Å². The molecule has 3 rings (SSSR count). The monoisotopic (exact) mass is 406 g/mol. The first-order valence-corrected chi connectivity index (χ1v) is 9.41. The van der Waals surface area contributed by atoms with E-state index in [0.29, 0.717) is 23.3 Å². The highest BCUT2D eigenvalue weighted by atomic mass is 19.1. The number of hydrogen-bond acceptors (Lipinski definition) is 4. The van der Waals surface area contributed by atoms with Crippen molar-refractivity contribution in [2.45, 2.75) is 18.6 Å². The van der Waals surface area contributed by atoms with Crippen molar-refractivity contribution >= 4 is 0 Å². The van der Waals surface area contributed by atoms with Crippen LogP contribution < -0.4 is 4.74 Å². The second-order valence-corrected chi connectivity index (χ2v) is 6.69. The van der Waals surface area contributed by atoms with Gasteiger partial charge in [-0.2, -0.15) is 0 Å². The predicted octanol–water partition coefficient (Wildman–Crippen LogP) is 3.37. The van der Waals surface area contributed by atoms with Gasteiger partial charge in [-0.15, -0.1) is 0 Å². The maximum Gasteiger partial charge on any atom is 0.188 e. The second kappa shape index (κ2) is 10.4. The quantitative estimate of drug-likeness (QED) is 0.571. The molecule has 0 radical (unpaired) electrons. The molecule has 1 aromatic heterocycles. The van der Waals surface area contributed by atoms with E-state index in [4.69, 9.17) is 9.47 Å². The van der Waals surface area contributed by atoms with Crippen molar-refractivity contribution in [3.05, 3.63) is 77.5 Å². The molecule has 0 bridgehead atoms. The lowest BCUT2D eigenvalue weighted by molar-refractivity contribution is 0.0497. The van der Waals surface area contributed by atoms with E-state index in [1.807, 2.05) is 18.2 Å². The molecule has 0 aliphatic carbocycles. The Labute approximate surface area is 175 Å². The molecule has 0 spiro atoms. The van der Waals surface area contributed by atoms with Crippen molar-refractivity contribution in [3.63, 3.8) is 0 Å². The van der Waals surface area contributed by atoms with Gasteiger partial charge in [-0.1, -0.05) is 17.9 Å². The number of aromatic nitrogens is 1. The number of allylic oxidation sites excluding steroid dienone is 2. The smallest absolute Gasteiger partial charge is 0.188 e. The summed E-state index contributed by atoms with van der Waals surface area (Å²) >= 11 is 0. The van der Waals surface area contributed by atoms with Crippen LogP contribution in [0, 0.1) is 29.5 Å². The summed E-state index contributed by atoms with van der Waals surface area (Å²) in [4.78, 5) is 4.61. The predicted molar refractivity (Wildman–Crippen MR) is 113 cm³/mol. The Kier molecular flexibility index (Phi) is 7.34. The lowest BCUT2D eigenvalue weighted by Gasteiger charge is -2.32. The third-order valence-corrected chi connectivity index (χ3v) is 4.64. The van der Waals surface area contributed by atoms with E-state index in [2.05, 4.69) is 28.7 Å². The summed E-state index contributed by atoms with van der Waals surface area (Å²) in [5.41, 5.74) is 2.13. The molecule has 2 N–H and O–H groups in total. The number of aromatic amines is 1. The van der Waals surface area contributed by atoms with Crippen LogP contribution in [0.25, 0.3) is 0 Å². The number of ether oxygens (including phenoxy) is 2. The summed E-state index contributed by atoms with van der Waals surface area (Å²) in [6.07, 6.45) is 8.49. The molecular formula is C24H23FN2O3. The fourth-order valence-electron chi connectivity index (χ4n) is 3.14. The van der Waals surface area contributed by atoms with Crippen LogP contribution in [0.2, 0.25) is 0 Å². The molecule has 1 aliphatic rings. The van der Waals surface area contributed by atoms with Crippen LogP contribution in [0.1, 0.15) is 23.5 Å². The molecule has 2 atom stereocenters. The van der Waals surface area contributed by atoms with E-state index in [1.165, 1.54) is 19.2 Å². The Morgan fingerprint density at radius 3 is 2.93 bits per heavy atom. The van der Waals surface area contributed by atoms with E-state index in [0.717, 1.165) is 5.56 Å². The van der Waals surface area contributed by atoms with Gasteiger partial charge in [0, 0.05) is 56.2 Å². The minimum absolute atomic E-state index is 0.0284. The topological polar surface area (TPSA) is 57.7 Å². The molecule has 2 unspecified atom stereocenters. The maximum absolute atomic E-state index is 14.1. The van der Waals surface area contributed by atoms with E-state index in [9.17, 15) is 9.50 Å².